The average Bonchev–Trinajstić information content (AvgIpc) is 2.26. The van der Waals surface area contributed by atoms with E-state index >= 15 is 0 Å². The maximum absolute atomic E-state index is 12.4. The van der Waals surface area contributed by atoms with Crippen LogP contribution in [0, 0.1) is 0 Å². The predicted molar refractivity (Wildman–Crippen MR) is 57.8 cm³/mol. The molecular weight excluding hydrogens is 238 g/mol. The first-order valence-electron chi connectivity index (χ1n) is 5.49. The SMILES string of the molecule is CCN(CC1CCCCN1)S(=O)(=O)C(F)F. The highest BCUT2D eigenvalue weighted by Crippen LogP contribution is 2.15. The molecule has 0 amide bonds. The molecule has 0 aromatic carbocycles. The minimum absolute atomic E-state index is 0.00206. The van der Waals surface area contributed by atoms with Crippen LogP contribution in [0.2, 0.25) is 0 Å². The van der Waals surface area contributed by atoms with Crippen molar-refractivity contribution >= 4 is 10.0 Å². The first kappa shape index (κ1) is 13.8. The molecular formula is C9H18F2N2O2S. The Morgan fingerprint density at radius 3 is 2.56 bits per heavy atom. The van der Waals surface area contributed by atoms with E-state index in [1.54, 1.807) is 6.92 Å². The molecule has 0 aliphatic carbocycles. The van der Waals surface area contributed by atoms with E-state index in [2.05, 4.69) is 5.32 Å². The molecule has 1 unspecified atom stereocenters. The van der Waals surface area contributed by atoms with Crippen molar-refractivity contribution in [3.63, 3.8) is 0 Å². The van der Waals surface area contributed by atoms with Gasteiger partial charge in [-0.15, -0.1) is 0 Å². The summed E-state index contributed by atoms with van der Waals surface area (Å²) in [5.74, 6) is -3.32. The third-order valence-electron chi connectivity index (χ3n) is 2.77. The van der Waals surface area contributed by atoms with Gasteiger partial charge in [0.05, 0.1) is 0 Å². The molecule has 0 aromatic rings. The molecule has 1 aliphatic rings. The second-order valence-electron chi connectivity index (χ2n) is 3.90. The summed E-state index contributed by atoms with van der Waals surface area (Å²) in [6.45, 7) is 2.63. The summed E-state index contributed by atoms with van der Waals surface area (Å²) in [4.78, 5) is 0. The first-order chi connectivity index (χ1) is 7.48. The summed E-state index contributed by atoms with van der Waals surface area (Å²) >= 11 is 0. The van der Waals surface area contributed by atoms with Crippen LogP contribution < -0.4 is 5.32 Å². The van der Waals surface area contributed by atoms with E-state index in [-0.39, 0.29) is 19.1 Å². The van der Waals surface area contributed by atoms with Crippen LogP contribution in [0.3, 0.4) is 0 Å². The highest BCUT2D eigenvalue weighted by atomic mass is 32.2. The van der Waals surface area contributed by atoms with Crippen LogP contribution in [-0.2, 0) is 10.0 Å². The van der Waals surface area contributed by atoms with Gasteiger partial charge in [-0.25, -0.2) is 8.42 Å². The summed E-state index contributed by atoms with van der Waals surface area (Å²) in [6.07, 6.45) is 2.92. The Hall–Kier alpha value is -0.270. The molecule has 1 saturated heterocycles. The van der Waals surface area contributed by atoms with Crippen molar-refractivity contribution in [3.8, 4) is 0 Å². The number of hydrogen-bond donors (Lipinski definition) is 1. The lowest BCUT2D eigenvalue weighted by atomic mass is 10.1. The van der Waals surface area contributed by atoms with Crippen molar-refractivity contribution in [3.05, 3.63) is 0 Å². The second kappa shape index (κ2) is 5.88. The van der Waals surface area contributed by atoms with Gasteiger partial charge in [0.25, 0.3) is 10.0 Å². The standard InChI is InChI=1S/C9H18F2N2O2S/c1-2-13(16(14,15)9(10)11)7-8-5-3-4-6-12-8/h8-9,12H,2-7H2,1H3. The highest BCUT2D eigenvalue weighted by molar-refractivity contribution is 7.89. The molecule has 1 atom stereocenters. The third kappa shape index (κ3) is 3.36. The Kier molecular flexibility index (Phi) is 5.07. The number of sulfonamides is 1. The molecule has 7 heteroatoms. The molecule has 0 spiro atoms. The maximum Gasteiger partial charge on any atom is 0.350 e. The monoisotopic (exact) mass is 256 g/mol. The zero-order valence-corrected chi connectivity index (χ0v) is 10.1. The van der Waals surface area contributed by atoms with Crippen LogP contribution in [0.25, 0.3) is 0 Å². The fourth-order valence-corrected chi connectivity index (χ4v) is 2.82. The summed E-state index contributed by atoms with van der Waals surface area (Å²) in [7, 11) is -4.43. The van der Waals surface area contributed by atoms with Gasteiger partial charge in [-0.2, -0.15) is 13.1 Å². The van der Waals surface area contributed by atoms with Crippen molar-refractivity contribution in [2.75, 3.05) is 19.6 Å². The molecule has 96 valence electrons. The quantitative estimate of drug-likeness (QED) is 0.798. The van der Waals surface area contributed by atoms with Gasteiger partial charge >= 0.3 is 5.76 Å². The minimum atomic E-state index is -4.43. The molecule has 0 aromatic heterocycles. The van der Waals surface area contributed by atoms with Gasteiger partial charge in [-0.1, -0.05) is 13.3 Å². The molecule has 0 radical (unpaired) electrons. The molecule has 4 nitrogen and oxygen atoms in total. The van der Waals surface area contributed by atoms with E-state index in [1.165, 1.54) is 0 Å². The van der Waals surface area contributed by atoms with E-state index in [1.807, 2.05) is 0 Å². The van der Waals surface area contributed by atoms with Gasteiger partial charge in [0, 0.05) is 19.1 Å². The third-order valence-corrected chi connectivity index (χ3v) is 4.35. The first-order valence-corrected chi connectivity index (χ1v) is 6.99. The summed E-state index contributed by atoms with van der Waals surface area (Å²) < 4.78 is 48.1. The topological polar surface area (TPSA) is 49.4 Å². The average molecular weight is 256 g/mol. The molecule has 1 fully saturated rings. The Labute approximate surface area is 95.1 Å². The van der Waals surface area contributed by atoms with Crippen molar-refractivity contribution in [1.82, 2.24) is 9.62 Å². The molecule has 1 rings (SSSR count). The number of halogens is 2. The van der Waals surface area contributed by atoms with Crippen LogP contribution in [0.4, 0.5) is 8.78 Å². The normalized spacial score (nSPS) is 22.9. The van der Waals surface area contributed by atoms with E-state index in [4.69, 9.17) is 0 Å². The molecule has 1 heterocycles. The van der Waals surface area contributed by atoms with E-state index in [0.29, 0.717) is 0 Å². The number of piperidine rings is 1. The number of likely N-dealkylation sites (N-methyl/N-ethyl adjacent to an activating group) is 1. The largest absolute Gasteiger partial charge is 0.350 e. The van der Waals surface area contributed by atoms with Gasteiger partial charge in [0.2, 0.25) is 0 Å². The fraction of sp³-hybridized carbons (Fsp3) is 1.00. The summed E-state index contributed by atoms with van der Waals surface area (Å²) in [6, 6.07) is 0.00206. The zero-order valence-electron chi connectivity index (χ0n) is 9.33. The predicted octanol–water partition coefficient (Wildman–Crippen LogP) is 1.00. The highest BCUT2D eigenvalue weighted by Gasteiger charge is 2.32. The Morgan fingerprint density at radius 2 is 2.12 bits per heavy atom. The van der Waals surface area contributed by atoms with Crippen molar-refractivity contribution in [2.45, 2.75) is 38.0 Å². The lowest BCUT2D eigenvalue weighted by molar-refractivity contribution is 0.214. The summed E-state index contributed by atoms with van der Waals surface area (Å²) in [5, 5.41) is 3.14. The maximum atomic E-state index is 12.4. The second-order valence-corrected chi connectivity index (χ2v) is 5.81. The van der Waals surface area contributed by atoms with E-state index in [9.17, 15) is 17.2 Å². The van der Waals surface area contributed by atoms with Crippen LogP contribution in [0.15, 0.2) is 0 Å². The van der Waals surface area contributed by atoms with Gasteiger partial charge in [-0.3, -0.25) is 0 Å². The number of rotatable bonds is 5. The Morgan fingerprint density at radius 1 is 1.44 bits per heavy atom. The number of hydrogen-bond acceptors (Lipinski definition) is 3. The lowest BCUT2D eigenvalue weighted by Crippen LogP contribution is -2.47. The van der Waals surface area contributed by atoms with Gasteiger partial charge in [0.1, 0.15) is 0 Å². The number of alkyl halides is 2. The lowest BCUT2D eigenvalue weighted by Gasteiger charge is -2.29. The van der Waals surface area contributed by atoms with Gasteiger partial charge in [-0.05, 0) is 19.4 Å². The minimum Gasteiger partial charge on any atom is -0.313 e. The number of nitrogens with one attached hydrogen (secondary N) is 1. The molecule has 0 bridgehead atoms. The van der Waals surface area contributed by atoms with Gasteiger partial charge in [0.15, 0.2) is 0 Å². The Balaban J connectivity index is 2.60. The summed E-state index contributed by atoms with van der Waals surface area (Å²) in [5.41, 5.74) is 0. The van der Waals surface area contributed by atoms with E-state index < -0.39 is 15.8 Å². The van der Waals surface area contributed by atoms with Crippen LogP contribution in [0.1, 0.15) is 26.2 Å². The smallest absolute Gasteiger partial charge is 0.313 e. The van der Waals surface area contributed by atoms with Crippen LogP contribution in [-0.4, -0.2) is 44.2 Å². The number of nitrogens with zero attached hydrogens (tertiary/aromatic N) is 1. The molecule has 16 heavy (non-hydrogen) atoms. The van der Waals surface area contributed by atoms with Crippen molar-refractivity contribution in [1.29, 1.82) is 0 Å². The van der Waals surface area contributed by atoms with Crippen LogP contribution >= 0.6 is 0 Å². The molecule has 0 saturated carbocycles. The van der Waals surface area contributed by atoms with Crippen molar-refractivity contribution in [2.24, 2.45) is 0 Å². The molecule has 1 N–H and O–H groups in total. The van der Waals surface area contributed by atoms with E-state index in [0.717, 1.165) is 30.1 Å². The zero-order chi connectivity index (χ0) is 12.2. The molecule has 1 aliphatic heterocycles. The fourth-order valence-electron chi connectivity index (χ4n) is 1.85. The van der Waals surface area contributed by atoms with Gasteiger partial charge < -0.3 is 5.32 Å². The van der Waals surface area contributed by atoms with Crippen molar-refractivity contribution < 1.29 is 17.2 Å². The van der Waals surface area contributed by atoms with Crippen LogP contribution in [0.5, 0.6) is 0 Å². The Bertz CT molecular complexity index is 303.